The first kappa shape index (κ1) is 21.2. The van der Waals surface area contributed by atoms with Gasteiger partial charge in [-0.1, -0.05) is 18.9 Å². The van der Waals surface area contributed by atoms with Gasteiger partial charge in [0.25, 0.3) is 5.91 Å². The van der Waals surface area contributed by atoms with Gasteiger partial charge >= 0.3 is 0 Å². The molecule has 8 heteroatoms. The zero-order valence-electron chi connectivity index (χ0n) is 16.8. The highest BCUT2D eigenvalue weighted by atomic mass is 79.9. The Bertz CT molecular complexity index is 939. The van der Waals surface area contributed by atoms with Crippen LogP contribution in [0.3, 0.4) is 0 Å². The number of nitrogens with one attached hydrogen (secondary N) is 2. The number of amides is 2. The summed E-state index contributed by atoms with van der Waals surface area (Å²) in [4.78, 5) is 25.6. The van der Waals surface area contributed by atoms with Gasteiger partial charge in [-0.25, -0.2) is 0 Å². The topological polar surface area (TPSA) is 76.7 Å². The Hall–Kier alpha value is -2.06. The second-order valence-electron chi connectivity index (χ2n) is 7.86. The van der Waals surface area contributed by atoms with Crippen LogP contribution >= 0.6 is 27.3 Å². The van der Waals surface area contributed by atoms with Gasteiger partial charge in [-0.15, -0.1) is 11.3 Å². The summed E-state index contributed by atoms with van der Waals surface area (Å²) in [6, 6.07) is 9.06. The number of carbonyl (C=O) groups excluding carboxylic acids is 2. The van der Waals surface area contributed by atoms with E-state index in [0.717, 1.165) is 41.0 Å². The predicted molar refractivity (Wildman–Crippen MR) is 120 cm³/mol. The summed E-state index contributed by atoms with van der Waals surface area (Å²) in [5, 5.41) is 5.85. The molecule has 2 heterocycles. The van der Waals surface area contributed by atoms with Crippen molar-refractivity contribution in [2.45, 2.75) is 44.1 Å². The molecule has 1 unspecified atom stereocenters. The Labute approximate surface area is 188 Å². The first-order valence-corrected chi connectivity index (χ1v) is 11.8. The lowest BCUT2D eigenvalue weighted by Crippen LogP contribution is -2.48. The van der Waals surface area contributed by atoms with Gasteiger partial charge in [-0.2, -0.15) is 0 Å². The maximum Gasteiger partial charge on any atom is 0.262 e. The molecule has 1 aliphatic heterocycles. The van der Waals surface area contributed by atoms with Gasteiger partial charge in [0.15, 0.2) is 11.5 Å². The molecule has 2 amide bonds. The van der Waals surface area contributed by atoms with Crippen LogP contribution in [-0.2, 0) is 10.2 Å². The number of fused-ring (bicyclic) bond motifs is 1. The highest BCUT2D eigenvalue weighted by molar-refractivity contribution is 9.11. The van der Waals surface area contributed by atoms with Crippen molar-refractivity contribution in [1.82, 2.24) is 10.6 Å². The Morgan fingerprint density at radius 3 is 2.57 bits per heavy atom. The van der Waals surface area contributed by atoms with Crippen LogP contribution in [0.1, 0.15) is 47.8 Å². The van der Waals surface area contributed by atoms with Gasteiger partial charge in [0.2, 0.25) is 5.91 Å². The highest BCUT2D eigenvalue weighted by Gasteiger charge is 2.37. The molecule has 160 valence electrons. The average Bonchev–Trinajstić information content (AvgIpc) is 3.41. The van der Waals surface area contributed by atoms with Crippen molar-refractivity contribution >= 4 is 39.1 Å². The zero-order valence-corrected chi connectivity index (χ0v) is 19.2. The van der Waals surface area contributed by atoms with Crippen molar-refractivity contribution in [3.63, 3.8) is 0 Å². The summed E-state index contributed by atoms with van der Waals surface area (Å²) in [7, 11) is 0. The van der Waals surface area contributed by atoms with Crippen molar-refractivity contribution in [2.75, 3.05) is 19.8 Å². The molecule has 2 aliphatic rings. The molecular weight excluding hydrogens is 468 g/mol. The standard InChI is InChI=1S/C22H25BrN2O4S/c1-14(25-21(27)18-6-7-19(23)30-18)20(26)24-13-22(8-2-3-9-22)15-4-5-16-17(12-15)29-11-10-28-16/h4-7,12,14H,2-3,8-11,13H2,1H3,(H,24,26)(H,25,27). The van der Waals surface area contributed by atoms with Gasteiger partial charge < -0.3 is 20.1 Å². The van der Waals surface area contributed by atoms with E-state index in [2.05, 4.69) is 38.7 Å². The van der Waals surface area contributed by atoms with Gasteiger partial charge in [0, 0.05) is 12.0 Å². The second kappa shape index (κ2) is 8.98. The lowest BCUT2D eigenvalue weighted by molar-refractivity contribution is -0.122. The first-order chi connectivity index (χ1) is 14.5. The molecule has 2 aromatic rings. The maximum atomic E-state index is 12.7. The summed E-state index contributed by atoms with van der Waals surface area (Å²) in [5.74, 6) is 1.14. The molecule has 1 fully saturated rings. The van der Waals surface area contributed by atoms with Crippen LogP contribution in [0.15, 0.2) is 34.1 Å². The smallest absolute Gasteiger partial charge is 0.262 e. The number of thiophene rings is 1. The number of hydrogen-bond donors (Lipinski definition) is 2. The Morgan fingerprint density at radius 2 is 1.87 bits per heavy atom. The summed E-state index contributed by atoms with van der Waals surface area (Å²) < 4.78 is 12.3. The average molecular weight is 493 g/mol. The minimum Gasteiger partial charge on any atom is -0.486 e. The summed E-state index contributed by atoms with van der Waals surface area (Å²) in [5.41, 5.74) is 1.05. The van der Waals surface area contributed by atoms with E-state index in [9.17, 15) is 9.59 Å². The molecule has 6 nitrogen and oxygen atoms in total. The molecule has 0 spiro atoms. The quantitative estimate of drug-likeness (QED) is 0.638. The monoisotopic (exact) mass is 492 g/mol. The summed E-state index contributed by atoms with van der Waals surface area (Å²) in [6.45, 7) is 3.37. The maximum absolute atomic E-state index is 12.7. The van der Waals surface area contributed by atoms with E-state index >= 15 is 0 Å². The Morgan fingerprint density at radius 1 is 1.13 bits per heavy atom. The van der Waals surface area contributed by atoms with Gasteiger partial charge in [-0.05, 0) is 65.5 Å². The fourth-order valence-electron chi connectivity index (χ4n) is 4.17. The molecule has 30 heavy (non-hydrogen) atoms. The zero-order chi connectivity index (χ0) is 21.1. The lowest BCUT2D eigenvalue weighted by Gasteiger charge is -2.32. The molecule has 1 aromatic carbocycles. The normalized spacial score (nSPS) is 17.9. The van der Waals surface area contributed by atoms with E-state index in [-0.39, 0.29) is 17.2 Å². The molecule has 0 bridgehead atoms. The molecular formula is C22H25BrN2O4S. The number of benzene rings is 1. The number of hydrogen-bond acceptors (Lipinski definition) is 5. The van der Waals surface area contributed by atoms with E-state index in [1.165, 1.54) is 16.9 Å². The van der Waals surface area contributed by atoms with Crippen molar-refractivity contribution in [2.24, 2.45) is 0 Å². The Balaban J connectivity index is 1.41. The minimum atomic E-state index is -0.614. The van der Waals surface area contributed by atoms with Gasteiger partial charge in [0.05, 0.1) is 8.66 Å². The third kappa shape index (κ3) is 4.49. The summed E-state index contributed by atoms with van der Waals surface area (Å²) >= 11 is 4.69. The fourth-order valence-corrected chi connectivity index (χ4v) is 5.46. The first-order valence-electron chi connectivity index (χ1n) is 10.2. The highest BCUT2D eigenvalue weighted by Crippen LogP contribution is 2.43. The SMILES string of the molecule is CC(NC(=O)c1ccc(Br)s1)C(=O)NCC1(c2ccc3c(c2)OCCO3)CCCC1. The van der Waals surface area contributed by atoms with Crippen molar-refractivity contribution in [3.8, 4) is 11.5 Å². The van der Waals surface area contributed by atoms with Crippen LogP contribution < -0.4 is 20.1 Å². The Kier molecular flexibility index (Phi) is 6.34. The summed E-state index contributed by atoms with van der Waals surface area (Å²) in [6.07, 6.45) is 4.28. The van der Waals surface area contributed by atoms with E-state index < -0.39 is 6.04 Å². The van der Waals surface area contributed by atoms with Crippen LogP contribution in [0, 0.1) is 0 Å². The van der Waals surface area contributed by atoms with Crippen LogP contribution in [0.4, 0.5) is 0 Å². The van der Waals surface area contributed by atoms with Crippen molar-refractivity contribution in [1.29, 1.82) is 0 Å². The number of carbonyl (C=O) groups is 2. The number of halogens is 1. The molecule has 1 aliphatic carbocycles. The molecule has 1 saturated carbocycles. The minimum absolute atomic E-state index is 0.117. The van der Waals surface area contributed by atoms with Crippen molar-refractivity contribution < 1.29 is 19.1 Å². The van der Waals surface area contributed by atoms with E-state index in [1.807, 2.05) is 12.1 Å². The number of rotatable bonds is 6. The van der Waals surface area contributed by atoms with E-state index in [0.29, 0.717) is 24.6 Å². The van der Waals surface area contributed by atoms with Crippen LogP contribution in [-0.4, -0.2) is 37.6 Å². The van der Waals surface area contributed by atoms with E-state index in [1.54, 1.807) is 13.0 Å². The van der Waals surface area contributed by atoms with Crippen LogP contribution in [0.2, 0.25) is 0 Å². The second-order valence-corrected chi connectivity index (χ2v) is 10.3. The lowest BCUT2D eigenvalue weighted by atomic mass is 9.78. The van der Waals surface area contributed by atoms with E-state index in [4.69, 9.17) is 9.47 Å². The van der Waals surface area contributed by atoms with Crippen molar-refractivity contribution in [3.05, 3.63) is 44.6 Å². The van der Waals surface area contributed by atoms with Gasteiger partial charge in [-0.3, -0.25) is 9.59 Å². The third-order valence-corrected chi connectivity index (χ3v) is 7.48. The molecule has 0 saturated heterocycles. The molecule has 1 atom stereocenters. The fraction of sp³-hybridized carbons (Fsp3) is 0.455. The molecule has 2 N–H and O–H groups in total. The van der Waals surface area contributed by atoms with Gasteiger partial charge in [0.1, 0.15) is 19.3 Å². The predicted octanol–water partition coefficient (Wildman–Crippen LogP) is 4.03. The van der Waals surface area contributed by atoms with Crippen LogP contribution in [0.25, 0.3) is 0 Å². The largest absolute Gasteiger partial charge is 0.486 e. The molecule has 4 rings (SSSR count). The third-order valence-electron chi connectivity index (χ3n) is 5.85. The van der Waals surface area contributed by atoms with Crippen LogP contribution in [0.5, 0.6) is 11.5 Å². The number of ether oxygens (including phenoxy) is 2. The molecule has 0 radical (unpaired) electrons. The molecule has 1 aromatic heterocycles.